The fourth-order valence-corrected chi connectivity index (χ4v) is 0.773. The third-order valence-electron chi connectivity index (χ3n) is 1.31. The first kappa shape index (κ1) is 5.56. The Balaban J connectivity index is 2.44. The van der Waals surface area contributed by atoms with Gasteiger partial charge < -0.3 is 0 Å². The van der Waals surface area contributed by atoms with Gasteiger partial charge in [0.1, 0.15) is 0 Å². The number of hydrazine groups is 1. The molecule has 8 heavy (non-hydrogen) atoms. The van der Waals surface area contributed by atoms with Gasteiger partial charge in [-0.15, -0.1) is 0 Å². The highest BCUT2D eigenvalue weighted by molar-refractivity contribution is 5.85. The second-order valence-corrected chi connectivity index (χ2v) is 1.93. The minimum Gasteiger partial charge on any atom is -0.232 e. The number of hydrazone groups is 1. The van der Waals surface area contributed by atoms with Crippen molar-refractivity contribution < 1.29 is 0 Å². The molecule has 0 fully saturated rings. The van der Waals surface area contributed by atoms with Crippen LogP contribution in [0.15, 0.2) is 5.10 Å². The fraction of sp³-hybridized carbons (Fsp3) is 0.800. The molecule has 0 atom stereocenters. The van der Waals surface area contributed by atoms with Crippen LogP contribution in [0.2, 0.25) is 0 Å². The number of nitrogens with zero attached hydrogens (tertiary/aromatic N) is 2. The lowest BCUT2D eigenvalue weighted by atomic mass is 10.2. The van der Waals surface area contributed by atoms with Gasteiger partial charge in [0.25, 0.3) is 0 Å². The molecule has 0 amide bonds. The molecule has 0 aliphatic carbocycles. The Kier molecular flexibility index (Phi) is 1.48. The summed E-state index contributed by atoms with van der Waals surface area (Å²) in [4.78, 5) is 0. The van der Waals surface area contributed by atoms with Gasteiger partial charge in [-0.3, -0.25) is 0 Å². The minimum absolute atomic E-state index is 0.892. The van der Waals surface area contributed by atoms with Crippen molar-refractivity contribution in [3.63, 3.8) is 0 Å². The van der Waals surface area contributed by atoms with Crippen LogP contribution < -0.4 is 5.84 Å². The van der Waals surface area contributed by atoms with E-state index in [4.69, 9.17) is 5.84 Å². The Labute approximate surface area is 49.1 Å². The zero-order valence-corrected chi connectivity index (χ0v) is 5.09. The summed E-state index contributed by atoms with van der Waals surface area (Å²) in [7, 11) is 0. The van der Waals surface area contributed by atoms with E-state index in [0.717, 1.165) is 19.4 Å². The average molecular weight is 113 g/mol. The summed E-state index contributed by atoms with van der Waals surface area (Å²) in [5.74, 6) is 5.35. The molecular weight excluding hydrogens is 102 g/mol. The van der Waals surface area contributed by atoms with E-state index in [1.54, 1.807) is 0 Å². The molecule has 1 heterocycles. The highest BCUT2D eigenvalue weighted by atomic mass is 15.6. The molecule has 3 heteroatoms. The second kappa shape index (κ2) is 2.13. The third kappa shape index (κ3) is 0.980. The van der Waals surface area contributed by atoms with Crippen LogP contribution in [-0.2, 0) is 0 Å². The van der Waals surface area contributed by atoms with Gasteiger partial charge in [-0.1, -0.05) is 6.92 Å². The first-order chi connectivity index (χ1) is 3.83. The van der Waals surface area contributed by atoms with E-state index in [2.05, 4.69) is 12.0 Å². The number of rotatable bonds is 1. The van der Waals surface area contributed by atoms with E-state index in [1.807, 2.05) is 0 Å². The van der Waals surface area contributed by atoms with Crippen molar-refractivity contribution in [2.45, 2.75) is 19.8 Å². The summed E-state index contributed by atoms with van der Waals surface area (Å²) < 4.78 is 0. The van der Waals surface area contributed by atoms with E-state index in [9.17, 15) is 0 Å². The van der Waals surface area contributed by atoms with Crippen molar-refractivity contribution in [3.8, 4) is 0 Å². The molecule has 0 bridgehead atoms. The molecule has 46 valence electrons. The fourth-order valence-electron chi connectivity index (χ4n) is 0.773. The van der Waals surface area contributed by atoms with Crippen molar-refractivity contribution in [2.24, 2.45) is 10.9 Å². The van der Waals surface area contributed by atoms with Gasteiger partial charge in [-0.25, -0.2) is 11.0 Å². The van der Waals surface area contributed by atoms with Gasteiger partial charge in [0.05, 0.1) is 6.54 Å². The SMILES string of the molecule is CCC1=NN(N)CC1. The summed E-state index contributed by atoms with van der Waals surface area (Å²) in [6.45, 7) is 2.99. The molecule has 1 rings (SSSR count). The molecule has 0 spiro atoms. The molecule has 2 N–H and O–H groups in total. The van der Waals surface area contributed by atoms with Crippen molar-refractivity contribution in [1.29, 1.82) is 0 Å². The average Bonchev–Trinajstić information content (AvgIpc) is 2.14. The third-order valence-corrected chi connectivity index (χ3v) is 1.31. The quantitative estimate of drug-likeness (QED) is 0.498. The van der Waals surface area contributed by atoms with Crippen LogP contribution in [0.5, 0.6) is 0 Å². The molecule has 0 radical (unpaired) electrons. The summed E-state index contributed by atoms with van der Waals surface area (Å²) in [5.41, 5.74) is 1.22. The summed E-state index contributed by atoms with van der Waals surface area (Å²) >= 11 is 0. The summed E-state index contributed by atoms with van der Waals surface area (Å²) in [6, 6.07) is 0. The molecule has 0 aromatic carbocycles. The lowest BCUT2D eigenvalue weighted by Crippen LogP contribution is -2.21. The molecular formula is C5H11N3. The zero-order valence-electron chi connectivity index (χ0n) is 5.09. The van der Waals surface area contributed by atoms with Gasteiger partial charge >= 0.3 is 0 Å². The smallest absolute Gasteiger partial charge is 0.0583 e. The lowest BCUT2D eigenvalue weighted by molar-refractivity contribution is 0.332. The Hall–Kier alpha value is -0.570. The van der Waals surface area contributed by atoms with Crippen LogP contribution >= 0.6 is 0 Å². The van der Waals surface area contributed by atoms with Crippen molar-refractivity contribution in [2.75, 3.05) is 6.54 Å². The number of hydrogen-bond donors (Lipinski definition) is 1. The van der Waals surface area contributed by atoms with Gasteiger partial charge in [-0.05, 0) is 6.42 Å². The van der Waals surface area contributed by atoms with Crippen molar-refractivity contribution in [1.82, 2.24) is 5.12 Å². The Morgan fingerprint density at radius 1 is 1.88 bits per heavy atom. The van der Waals surface area contributed by atoms with Crippen molar-refractivity contribution >= 4 is 5.71 Å². The number of nitrogens with two attached hydrogens (primary N) is 1. The second-order valence-electron chi connectivity index (χ2n) is 1.93. The predicted molar refractivity (Wildman–Crippen MR) is 33.2 cm³/mol. The van der Waals surface area contributed by atoms with E-state index in [1.165, 1.54) is 10.8 Å². The monoisotopic (exact) mass is 113 g/mol. The van der Waals surface area contributed by atoms with Gasteiger partial charge in [0.15, 0.2) is 0 Å². The first-order valence-corrected chi connectivity index (χ1v) is 2.91. The Morgan fingerprint density at radius 2 is 2.62 bits per heavy atom. The van der Waals surface area contributed by atoms with Crippen LogP contribution in [0.1, 0.15) is 19.8 Å². The predicted octanol–water partition coefficient (Wildman–Crippen LogP) is 0.332. The van der Waals surface area contributed by atoms with Crippen LogP contribution in [0.3, 0.4) is 0 Å². The summed E-state index contributed by atoms with van der Waals surface area (Å²) in [5, 5.41) is 5.53. The highest BCUT2D eigenvalue weighted by Gasteiger charge is 2.07. The van der Waals surface area contributed by atoms with E-state index in [0.29, 0.717) is 0 Å². The van der Waals surface area contributed by atoms with E-state index in [-0.39, 0.29) is 0 Å². The van der Waals surface area contributed by atoms with Gasteiger partial charge in [0.2, 0.25) is 0 Å². The highest BCUT2D eigenvalue weighted by Crippen LogP contribution is 2.02. The van der Waals surface area contributed by atoms with E-state index >= 15 is 0 Å². The first-order valence-electron chi connectivity index (χ1n) is 2.91. The zero-order chi connectivity index (χ0) is 5.98. The van der Waals surface area contributed by atoms with Crippen LogP contribution in [0, 0.1) is 0 Å². The topological polar surface area (TPSA) is 41.6 Å². The van der Waals surface area contributed by atoms with Crippen LogP contribution in [0.25, 0.3) is 0 Å². The molecule has 1 aliphatic heterocycles. The maximum absolute atomic E-state index is 5.35. The Morgan fingerprint density at radius 3 is 2.88 bits per heavy atom. The van der Waals surface area contributed by atoms with Gasteiger partial charge in [-0.2, -0.15) is 5.10 Å². The maximum atomic E-state index is 5.35. The van der Waals surface area contributed by atoms with E-state index < -0.39 is 0 Å². The van der Waals surface area contributed by atoms with Crippen LogP contribution in [-0.4, -0.2) is 17.4 Å². The number of hydrogen-bond acceptors (Lipinski definition) is 3. The molecule has 0 unspecified atom stereocenters. The molecule has 0 aromatic heterocycles. The van der Waals surface area contributed by atoms with Gasteiger partial charge in [0, 0.05) is 12.1 Å². The van der Waals surface area contributed by atoms with Crippen LogP contribution in [0.4, 0.5) is 0 Å². The molecule has 0 aromatic rings. The minimum atomic E-state index is 0.892. The van der Waals surface area contributed by atoms with Crippen molar-refractivity contribution in [3.05, 3.63) is 0 Å². The molecule has 1 aliphatic rings. The largest absolute Gasteiger partial charge is 0.232 e. The molecule has 0 saturated heterocycles. The maximum Gasteiger partial charge on any atom is 0.0583 e. The normalized spacial score (nSPS) is 19.2. The Bertz CT molecular complexity index is 108. The lowest BCUT2D eigenvalue weighted by Gasteiger charge is -2.00. The summed E-state index contributed by atoms with van der Waals surface area (Å²) in [6.07, 6.45) is 2.08. The molecule has 0 saturated carbocycles. The standard InChI is InChI=1S/C5H11N3/c1-2-5-3-4-8(6)7-5/h2-4,6H2,1H3. The molecule has 3 nitrogen and oxygen atoms in total.